The van der Waals surface area contributed by atoms with Crippen LogP contribution in [0.3, 0.4) is 0 Å². The van der Waals surface area contributed by atoms with Crippen LogP contribution in [0, 0.1) is 0 Å². The van der Waals surface area contributed by atoms with Gasteiger partial charge in [-0.2, -0.15) is 0 Å². The summed E-state index contributed by atoms with van der Waals surface area (Å²) < 4.78 is 5.83. The highest BCUT2D eigenvalue weighted by Crippen LogP contribution is 2.32. The summed E-state index contributed by atoms with van der Waals surface area (Å²) in [5.41, 5.74) is 2.50. The molecule has 2 heteroatoms. The minimum Gasteiger partial charge on any atom is -0.507 e. The van der Waals surface area contributed by atoms with Crippen molar-refractivity contribution < 1.29 is 9.84 Å². The third-order valence-corrected chi connectivity index (χ3v) is 3.16. The lowest BCUT2D eigenvalue weighted by Crippen LogP contribution is -2.00. The van der Waals surface area contributed by atoms with Crippen LogP contribution >= 0.6 is 0 Å². The van der Waals surface area contributed by atoms with Crippen molar-refractivity contribution in [2.45, 2.75) is 20.8 Å². The van der Waals surface area contributed by atoms with Crippen molar-refractivity contribution in [2.75, 3.05) is 6.61 Å². The smallest absolute Gasteiger partial charge is 0.127 e. The molecule has 2 nitrogen and oxygen atoms in total. The van der Waals surface area contributed by atoms with Gasteiger partial charge < -0.3 is 9.84 Å². The van der Waals surface area contributed by atoms with E-state index in [4.69, 9.17) is 4.74 Å². The Morgan fingerprint density at radius 3 is 2.33 bits per heavy atom. The number of phenols is 1. The van der Waals surface area contributed by atoms with E-state index in [2.05, 4.69) is 20.8 Å². The fraction of sp³-hybridized carbons (Fsp3) is 0.250. The first-order valence-electron chi connectivity index (χ1n) is 6.06. The van der Waals surface area contributed by atoms with Gasteiger partial charge in [0.15, 0.2) is 0 Å². The molecule has 2 aromatic carbocycles. The summed E-state index contributed by atoms with van der Waals surface area (Å²) in [6.45, 7) is 6.80. The van der Waals surface area contributed by atoms with E-state index in [0.717, 1.165) is 16.5 Å². The second kappa shape index (κ2) is 5.13. The Bertz CT molecular complexity index is 593. The summed E-state index contributed by atoms with van der Waals surface area (Å²) in [7, 11) is 0. The lowest BCUT2D eigenvalue weighted by Gasteiger charge is -2.11. The van der Waals surface area contributed by atoms with Gasteiger partial charge in [0.1, 0.15) is 18.1 Å². The molecule has 0 aliphatic heterocycles. The molecule has 0 unspecified atom stereocenters. The number of rotatable bonds is 3. The number of hydrogen-bond donors (Lipinski definition) is 1. The van der Waals surface area contributed by atoms with Crippen molar-refractivity contribution in [3.05, 3.63) is 47.5 Å². The molecule has 0 spiro atoms. The number of ether oxygens (including phenoxy) is 1. The van der Waals surface area contributed by atoms with Gasteiger partial charge in [-0.3, -0.25) is 0 Å². The zero-order chi connectivity index (χ0) is 13.1. The van der Waals surface area contributed by atoms with Crippen LogP contribution < -0.4 is 4.74 Å². The first-order chi connectivity index (χ1) is 8.59. The van der Waals surface area contributed by atoms with Crippen LogP contribution in [0.2, 0.25) is 0 Å². The molecule has 2 rings (SSSR count). The number of allylic oxidation sites excluding steroid dienone is 1. The lowest BCUT2D eigenvalue weighted by molar-refractivity contribution is 0.354. The quantitative estimate of drug-likeness (QED) is 0.814. The van der Waals surface area contributed by atoms with E-state index in [1.807, 2.05) is 30.3 Å². The van der Waals surface area contributed by atoms with Crippen molar-refractivity contribution in [3.63, 3.8) is 0 Å². The topological polar surface area (TPSA) is 29.5 Å². The standard InChI is InChI=1S/C16H18O2/c1-11(2)12(3)10-18-16-9-8-15(17)13-6-4-5-7-14(13)16/h4-9,17H,10H2,1-3H3. The van der Waals surface area contributed by atoms with E-state index in [0.29, 0.717) is 6.61 Å². The second-order valence-corrected chi connectivity index (χ2v) is 4.70. The first-order valence-corrected chi connectivity index (χ1v) is 6.06. The van der Waals surface area contributed by atoms with E-state index in [9.17, 15) is 5.11 Å². The van der Waals surface area contributed by atoms with E-state index < -0.39 is 0 Å². The molecule has 18 heavy (non-hydrogen) atoms. The summed E-state index contributed by atoms with van der Waals surface area (Å²) in [4.78, 5) is 0. The molecule has 0 bridgehead atoms. The number of phenolic OH excluding ortho intramolecular Hbond substituents is 1. The van der Waals surface area contributed by atoms with Crippen LogP contribution in [-0.4, -0.2) is 11.7 Å². The molecule has 0 atom stereocenters. The Morgan fingerprint density at radius 1 is 1.00 bits per heavy atom. The average Bonchev–Trinajstić information content (AvgIpc) is 2.38. The maximum atomic E-state index is 9.80. The minimum absolute atomic E-state index is 0.289. The molecular weight excluding hydrogens is 224 g/mol. The summed E-state index contributed by atoms with van der Waals surface area (Å²) in [6.07, 6.45) is 0. The van der Waals surface area contributed by atoms with Gasteiger partial charge in [0.05, 0.1) is 0 Å². The molecule has 0 aliphatic carbocycles. The van der Waals surface area contributed by atoms with Crippen LogP contribution in [0.25, 0.3) is 10.8 Å². The summed E-state index contributed by atoms with van der Waals surface area (Å²) in [5.74, 6) is 1.10. The SMILES string of the molecule is CC(C)=C(C)COc1ccc(O)c2ccccc12. The number of benzene rings is 2. The maximum Gasteiger partial charge on any atom is 0.127 e. The van der Waals surface area contributed by atoms with Gasteiger partial charge in [0.2, 0.25) is 0 Å². The van der Waals surface area contributed by atoms with Crippen molar-refractivity contribution >= 4 is 10.8 Å². The predicted molar refractivity (Wildman–Crippen MR) is 75.2 cm³/mol. The molecule has 0 amide bonds. The van der Waals surface area contributed by atoms with Crippen LogP contribution in [0.4, 0.5) is 0 Å². The fourth-order valence-corrected chi connectivity index (χ4v) is 1.71. The first kappa shape index (κ1) is 12.5. The molecule has 0 saturated carbocycles. The molecule has 0 heterocycles. The number of hydrogen-bond acceptors (Lipinski definition) is 2. The van der Waals surface area contributed by atoms with Gasteiger partial charge in [-0.25, -0.2) is 0 Å². The van der Waals surface area contributed by atoms with Crippen molar-refractivity contribution in [3.8, 4) is 11.5 Å². The Balaban J connectivity index is 2.35. The van der Waals surface area contributed by atoms with E-state index in [1.54, 1.807) is 6.07 Å². The minimum atomic E-state index is 0.289. The predicted octanol–water partition coefficient (Wildman–Crippen LogP) is 4.28. The van der Waals surface area contributed by atoms with Gasteiger partial charge in [-0.05, 0) is 38.5 Å². The molecule has 0 radical (unpaired) electrons. The molecule has 0 fully saturated rings. The summed E-state index contributed by atoms with van der Waals surface area (Å²) >= 11 is 0. The van der Waals surface area contributed by atoms with E-state index in [1.165, 1.54) is 11.1 Å². The molecule has 0 aliphatic rings. The van der Waals surface area contributed by atoms with Crippen LogP contribution in [-0.2, 0) is 0 Å². The van der Waals surface area contributed by atoms with Crippen molar-refractivity contribution in [1.29, 1.82) is 0 Å². The third-order valence-electron chi connectivity index (χ3n) is 3.16. The summed E-state index contributed by atoms with van der Waals surface area (Å²) in [6, 6.07) is 11.2. The van der Waals surface area contributed by atoms with Gasteiger partial charge in [-0.1, -0.05) is 29.8 Å². The van der Waals surface area contributed by atoms with Crippen LogP contribution in [0.1, 0.15) is 20.8 Å². The molecule has 0 saturated heterocycles. The molecule has 0 aromatic heterocycles. The largest absolute Gasteiger partial charge is 0.507 e. The third kappa shape index (κ3) is 2.48. The monoisotopic (exact) mass is 242 g/mol. The fourth-order valence-electron chi connectivity index (χ4n) is 1.71. The number of fused-ring (bicyclic) bond motifs is 1. The van der Waals surface area contributed by atoms with E-state index in [-0.39, 0.29) is 5.75 Å². The Kier molecular flexibility index (Phi) is 3.56. The Hall–Kier alpha value is -1.96. The molecule has 2 aromatic rings. The maximum absolute atomic E-state index is 9.80. The van der Waals surface area contributed by atoms with Gasteiger partial charge in [0, 0.05) is 10.8 Å². The van der Waals surface area contributed by atoms with Gasteiger partial charge >= 0.3 is 0 Å². The summed E-state index contributed by atoms with van der Waals surface area (Å²) in [5, 5.41) is 11.6. The molecule has 1 N–H and O–H groups in total. The Morgan fingerprint density at radius 2 is 1.67 bits per heavy atom. The molecule has 94 valence electrons. The zero-order valence-corrected chi connectivity index (χ0v) is 11.0. The highest BCUT2D eigenvalue weighted by atomic mass is 16.5. The van der Waals surface area contributed by atoms with E-state index >= 15 is 0 Å². The number of aromatic hydroxyl groups is 1. The highest BCUT2D eigenvalue weighted by molar-refractivity contribution is 5.92. The average molecular weight is 242 g/mol. The lowest BCUT2D eigenvalue weighted by atomic mass is 10.1. The second-order valence-electron chi connectivity index (χ2n) is 4.70. The molecular formula is C16H18O2. The normalized spacial score (nSPS) is 10.4. The Labute approximate surface area is 108 Å². The highest BCUT2D eigenvalue weighted by Gasteiger charge is 2.05. The van der Waals surface area contributed by atoms with Crippen molar-refractivity contribution in [2.24, 2.45) is 0 Å². The van der Waals surface area contributed by atoms with Gasteiger partial charge in [0.25, 0.3) is 0 Å². The van der Waals surface area contributed by atoms with Crippen molar-refractivity contribution in [1.82, 2.24) is 0 Å². The zero-order valence-electron chi connectivity index (χ0n) is 11.0. The van der Waals surface area contributed by atoms with Gasteiger partial charge in [-0.15, -0.1) is 0 Å². The van der Waals surface area contributed by atoms with Crippen LogP contribution in [0.15, 0.2) is 47.5 Å². The van der Waals surface area contributed by atoms with Crippen LogP contribution in [0.5, 0.6) is 11.5 Å².